The van der Waals surface area contributed by atoms with Gasteiger partial charge in [-0.15, -0.1) is 0 Å². The van der Waals surface area contributed by atoms with E-state index in [0.717, 1.165) is 16.7 Å². The molecule has 1 N–H and O–H groups in total. The van der Waals surface area contributed by atoms with E-state index in [4.69, 9.17) is 5.11 Å². The molecule has 0 aliphatic carbocycles. The molecular weight excluding hydrogens is 188 g/mol. The first-order chi connectivity index (χ1) is 6.97. The summed E-state index contributed by atoms with van der Waals surface area (Å²) in [7, 11) is 0. The first kappa shape index (κ1) is 11.8. The molecule has 0 spiro atoms. The van der Waals surface area contributed by atoms with Crippen LogP contribution in [-0.2, 0) is 4.79 Å². The maximum atomic E-state index is 11.1. The zero-order chi connectivity index (χ0) is 11.6. The number of hydrogen-bond donors (Lipinski definition) is 1. The minimum atomic E-state index is -0.729. The zero-order valence-electron chi connectivity index (χ0n) is 9.79. The highest BCUT2D eigenvalue weighted by Crippen LogP contribution is 2.27. The molecule has 0 aliphatic rings. The Morgan fingerprint density at radius 1 is 1.27 bits per heavy atom. The highest BCUT2D eigenvalue weighted by molar-refractivity contribution is 5.77. The lowest BCUT2D eigenvalue weighted by molar-refractivity contribution is -0.138. The summed E-state index contributed by atoms with van der Waals surface area (Å²) in [6.07, 6.45) is 0.639. The number of hydrogen-bond acceptors (Lipinski definition) is 1. The van der Waals surface area contributed by atoms with Crippen LogP contribution in [0.15, 0.2) is 12.1 Å². The van der Waals surface area contributed by atoms with Crippen molar-refractivity contribution in [1.82, 2.24) is 0 Å². The number of carbonyl (C=O) groups is 1. The molecule has 2 nitrogen and oxygen atoms in total. The standard InChI is InChI=1S/C13H18O2/c1-5-11(13(14)15)12-9(3)6-8(2)7-10(12)4/h6-7,11H,5H2,1-4H3,(H,14,15). The summed E-state index contributed by atoms with van der Waals surface area (Å²) in [5.74, 6) is -1.10. The second kappa shape index (κ2) is 4.47. The quantitative estimate of drug-likeness (QED) is 0.824. The van der Waals surface area contributed by atoms with Crippen molar-refractivity contribution in [2.24, 2.45) is 0 Å². The van der Waals surface area contributed by atoms with Crippen molar-refractivity contribution in [2.75, 3.05) is 0 Å². The van der Waals surface area contributed by atoms with Crippen LogP contribution in [0, 0.1) is 20.8 Å². The molecule has 0 amide bonds. The van der Waals surface area contributed by atoms with Crippen LogP contribution in [0.3, 0.4) is 0 Å². The van der Waals surface area contributed by atoms with E-state index in [1.54, 1.807) is 0 Å². The molecule has 2 heteroatoms. The SMILES string of the molecule is CCC(C(=O)O)c1c(C)cc(C)cc1C. The Kier molecular flexibility index (Phi) is 3.51. The van der Waals surface area contributed by atoms with Crippen LogP contribution in [0.4, 0.5) is 0 Å². The number of aliphatic carboxylic acids is 1. The fraction of sp³-hybridized carbons (Fsp3) is 0.462. The summed E-state index contributed by atoms with van der Waals surface area (Å²) in [4.78, 5) is 11.1. The topological polar surface area (TPSA) is 37.3 Å². The number of carboxylic acids is 1. The van der Waals surface area contributed by atoms with E-state index in [9.17, 15) is 4.79 Å². The fourth-order valence-electron chi connectivity index (χ4n) is 2.24. The van der Waals surface area contributed by atoms with E-state index in [-0.39, 0.29) is 5.92 Å². The molecule has 0 aromatic heterocycles. The van der Waals surface area contributed by atoms with Gasteiger partial charge in [0.15, 0.2) is 0 Å². The molecule has 1 atom stereocenters. The van der Waals surface area contributed by atoms with Crippen LogP contribution in [0.5, 0.6) is 0 Å². The molecule has 0 radical (unpaired) electrons. The second-order valence-corrected chi connectivity index (χ2v) is 4.11. The molecule has 0 fully saturated rings. The van der Waals surface area contributed by atoms with E-state index in [0.29, 0.717) is 6.42 Å². The Hall–Kier alpha value is -1.31. The van der Waals surface area contributed by atoms with Gasteiger partial charge in [0, 0.05) is 0 Å². The van der Waals surface area contributed by atoms with Crippen LogP contribution in [0.1, 0.15) is 41.5 Å². The van der Waals surface area contributed by atoms with Crippen molar-refractivity contribution >= 4 is 5.97 Å². The van der Waals surface area contributed by atoms with Gasteiger partial charge in [0.1, 0.15) is 0 Å². The van der Waals surface area contributed by atoms with Gasteiger partial charge in [-0.1, -0.05) is 24.6 Å². The first-order valence-electron chi connectivity index (χ1n) is 5.28. The Balaban J connectivity index is 3.29. The lowest BCUT2D eigenvalue weighted by Crippen LogP contribution is -2.13. The summed E-state index contributed by atoms with van der Waals surface area (Å²) in [5, 5.41) is 9.14. The predicted octanol–water partition coefficient (Wildman–Crippen LogP) is 3.19. The lowest BCUT2D eigenvalue weighted by Gasteiger charge is -2.17. The van der Waals surface area contributed by atoms with Crippen molar-refractivity contribution in [3.8, 4) is 0 Å². The summed E-state index contributed by atoms with van der Waals surface area (Å²) >= 11 is 0. The molecule has 1 aromatic carbocycles. The largest absolute Gasteiger partial charge is 0.481 e. The van der Waals surface area contributed by atoms with E-state index in [2.05, 4.69) is 0 Å². The van der Waals surface area contributed by atoms with Gasteiger partial charge in [-0.25, -0.2) is 0 Å². The normalized spacial score (nSPS) is 12.5. The predicted molar refractivity (Wildman–Crippen MR) is 61.3 cm³/mol. The third-order valence-corrected chi connectivity index (χ3v) is 2.79. The Morgan fingerprint density at radius 3 is 2.07 bits per heavy atom. The van der Waals surface area contributed by atoms with E-state index in [1.165, 1.54) is 5.56 Å². The molecule has 0 aliphatic heterocycles. The fourth-order valence-corrected chi connectivity index (χ4v) is 2.24. The van der Waals surface area contributed by atoms with Crippen molar-refractivity contribution in [3.63, 3.8) is 0 Å². The molecular formula is C13H18O2. The van der Waals surface area contributed by atoms with E-state index < -0.39 is 5.97 Å². The zero-order valence-corrected chi connectivity index (χ0v) is 9.79. The second-order valence-electron chi connectivity index (χ2n) is 4.11. The van der Waals surface area contributed by atoms with Gasteiger partial charge in [-0.3, -0.25) is 4.79 Å². The summed E-state index contributed by atoms with van der Waals surface area (Å²) < 4.78 is 0. The lowest BCUT2D eigenvalue weighted by atomic mass is 9.88. The third kappa shape index (κ3) is 2.38. The van der Waals surface area contributed by atoms with Gasteiger partial charge < -0.3 is 5.11 Å². The molecule has 1 rings (SSSR count). The molecule has 82 valence electrons. The smallest absolute Gasteiger partial charge is 0.310 e. The molecule has 0 saturated heterocycles. The minimum absolute atomic E-state index is 0.370. The Bertz CT molecular complexity index is 357. The molecule has 0 heterocycles. The number of aryl methyl sites for hydroxylation is 3. The maximum absolute atomic E-state index is 11.1. The summed E-state index contributed by atoms with van der Waals surface area (Å²) in [6, 6.07) is 4.10. The monoisotopic (exact) mass is 206 g/mol. The van der Waals surface area contributed by atoms with E-state index >= 15 is 0 Å². The van der Waals surface area contributed by atoms with Crippen molar-refractivity contribution < 1.29 is 9.90 Å². The van der Waals surface area contributed by atoms with Crippen LogP contribution in [0.2, 0.25) is 0 Å². The van der Waals surface area contributed by atoms with Crippen molar-refractivity contribution in [2.45, 2.75) is 40.0 Å². The van der Waals surface area contributed by atoms with Crippen LogP contribution in [-0.4, -0.2) is 11.1 Å². The van der Waals surface area contributed by atoms with Crippen LogP contribution in [0.25, 0.3) is 0 Å². The average Bonchev–Trinajstić information content (AvgIpc) is 2.09. The highest BCUT2D eigenvalue weighted by Gasteiger charge is 2.21. The summed E-state index contributed by atoms with van der Waals surface area (Å²) in [6.45, 7) is 7.92. The van der Waals surface area contributed by atoms with Crippen molar-refractivity contribution in [1.29, 1.82) is 0 Å². The first-order valence-corrected chi connectivity index (χ1v) is 5.28. The van der Waals surface area contributed by atoms with Gasteiger partial charge in [0.05, 0.1) is 5.92 Å². The molecule has 1 unspecified atom stereocenters. The number of rotatable bonds is 3. The summed E-state index contributed by atoms with van der Waals surface area (Å²) in [5.41, 5.74) is 4.34. The Labute approximate surface area is 90.9 Å². The number of benzene rings is 1. The van der Waals surface area contributed by atoms with Crippen LogP contribution >= 0.6 is 0 Å². The van der Waals surface area contributed by atoms with Gasteiger partial charge in [-0.2, -0.15) is 0 Å². The van der Waals surface area contributed by atoms with Gasteiger partial charge in [0.25, 0.3) is 0 Å². The van der Waals surface area contributed by atoms with Gasteiger partial charge in [0.2, 0.25) is 0 Å². The molecule has 0 saturated carbocycles. The Morgan fingerprint density at radius 2 is 1.73 bits per heavy atom. The minimum Gasteiger partial charge on any atom is -0.481 e. The van der Waals surface area contributed by atoms with Gasteiger partial charge in [-0.05, 0) is 43.9 Å². The third-order valence-electron chi connectivity index (χ3n) is 2.79. The molecule has 15 heavy (non-hydrogen) atoms. The maximum Gasteiger partial charge on any atom is 0.310 e. The van der Waals surface area contributed by atoms with Crippen molar-refractivity contribution in [3.05, 3.63) is 34.4 Å². The number of carboxylic acid groups (broad SMARTS) is 1. The molecule has 1 aromatic rings. The average molecular weight is 206 g/mol. The molecule has 0 bridgehead atoms. The highest BCUT2D eigenvalue weighted by atomic mass is 16.4. The van der Waals surface area contributed by atoms with Crippen LogP contribution < -0.4 is 0 Å². The van der Waals surface area contributed by atoms with Gasteiger partial charge >= 0.3 is 5.97 Å². The van der Waals surface area contributed by atoms with E-state index in [1.807, 2.05) is 39.8 Å².